The summed E-state index contributed by atoms with van der Waals surface area (Å²) in [5, 5.41) is 0. The minimum absolute atomic E-state index is 0.0856. The Balaban J connectivity index is 2.41. The number of hydrogen-bond acceptors (Lipinski definition) is 3. The highest BCUT2D eigenvalue weighted by atomic mass is 19.1. The Morgan fingerprint density at radius 2 is 2.05 bits per heavy atom. The van der Waals surface area contributed by atoms with Gasteiger partial charge in [0.05, 0.1) is 12.6 Å². The fourth-order valence-electron chi connectivity index (χ4n) is 1.50. The average Bonchev–Trinajstić information content (AvgIpc) is 2.38. The summed E-state index contributed by atoms with van der Waals surface area (Å²) in [7, 11) is 1.66. The van der Waals surface area contributed by atoms with Crippen LogP contribution in [0.5, 0.6) is 5.75 Å². The van der Waals surface area contributed by atoms with Crippen LogP contribution in [-0.2, 0) is 4.79 Å². The molecule has 19 heavy (non-hydrogen) atoms. The molecule has 1 rings (SSSR count). The van der Waals surface area contributed by atoms with Gasteiger partial charge in [-0.3, -0.25) is 4.79 Å². The topological polar surface area (TPSA) is 55.6 Å². The monoisotopic (exact) mass is 268 g/mol. The number of benzene rings is 1. The molecule has 0 fully saturated rings. The van der Waals surface area contributed by atoms with E-state index in [1.165, 1.54) is 11.0 Å². The molecule has 4 nitrogen and oxygen atoms in total. The van der Waals surface area contributed by atoms with Gasteiger partial charge in [0.25, 0.3) is 0 Å². The maximum atomic E-state index is 13.3. The Kier molecular flexibility index (Phi) is 5.76. The van der Waals surface area contributed by atoms with Gasteiger partial charge in [-0.25, -0.2) is 4.39 Å². The first-order valence-corrected chi connectivity index (χ1v) is 6.31. The summed E-state index contributed by atoms with van der Waals surface area (Å²) in [6, 6.07) is 5.66. The summed E-state index contributed by atoms with van der Waals surface area (Å²) < 4.78 is 18.6. The molecule has 2 N–H and O–H groups in total. The fourth-order valence-corrected chi connectivity index (χ4v) is 1.50. The van der Waals surface area contributed by atoms with Crippen LogP contribution in [0.2, 0.25) is 0 Å². The molecule has 0 spiro atoms. The van der Waals surface area contributed by atoms with Gasteiger partial charge in [-0.05, 0) is 18.1 Å². The molecule has 1 atom stereocenters. The van der Waals surface area contributed by atoms with E-state index in [1.54, 1.807) is 25.2 Å². The van der Waals surface area contributed by atoms with E-state index in [4.69, 9.17) is 10.5 Å². The number of para-hydroxylation sites is 1. The Bertz CT molecular complexity index is 424. The van der Waals surface area contributed by atoms with Crippen LogP contribution in [0.3, 0.4) is 0 Å². The molecule has 0 heterocycles. The number of halogens is 1. The van der Waals surface area contributed by atoms with Gasteiger partial charge in [-0.2, -0.15) is 0 Å². The predicted octanol–water partition coefficient (Wildman–Crippen LogP) is 1.65. The summed E-state index contributed by atoms with van der Waals surface area (Å²) in [4.78, 5) is 13.4. The van der Waals surface area contributed by atoms with E-state index in [2.05, 4.69) is 0 Å². The van der Waals surface area contributed by atoms with Crippen molar-refractivity contribution in [2.24, 2.45) is 11.7 Å². The lowest BCUT2D eigenvalue weighted by Crippen LogP contribution is -2.46. The maximum absolute atomic E-state index is 13.3. The zero-order chi connectivity index (χ0) is 14.4. The normalized spacial score (nSPS) is 12.3. The fraction of sp³-hybridized carbons (Fsp3) is 0.500. The standard InChI is InChI=1S/C14H21FN2O2/c1-10(2)13(16)14(18)17(3)8-9-19-12-7-5-4-6-11(12)15/h4-7,10,13H,8-9,16H2,1-3H3. The molecular weight excluding hydrogens is 247 g/mol. The molecule has 1 aromatic rings. The van der Waals surface area contributed by atoms with E-state index in [1.807, 2.05) is 13.8 Å². The van der Waals surface area contributed by atoms with Crippen molar-refractivity contribution in [2.45, 2.75) is 19.9 Å². The number of nitrogens with zero attached hydrogens (tertiary/aromatic N) is 1. The molecule has 106 valence electrons. The van der Waals surface area contributed by atoms with Gasteiger partial charge in [0.1, 0.15) is 6.61 Å². The molecule has 0 aliphatic heterocycles. The van der Waals surface area contributed by atoms with Crippen LogP contribution in [-0.4, -0.2) is 37.0 Å². The van der Waals surface area contributed by atoms with E-state index in [9.17, 15) is 9.18 Å². The van der Waals surface area contributed by atoms with Crippen LogP contribution in [0.25, 0.3) is 0 Å². The second-order valence-corrected chi connectivity index (χ2v) is 4.81. The van der Waals surface area contributed by atoms with Crippen molar-refractivity contribution in [2.75, 3.05) is 20.2 Å². The predicted molar refractivity (Wildman–Crippen MR) is 72.3 cm³/mol. The Morgan fingerprint density at radius 1 is 1.42 bits per heavy atom. The first-order chi connectivity index (χ1) is 8.93. The number of ether oxygens (including phenoxy) is 1. The van der Waals surface area contributed by atoms with Gasteiger partial charge in [0.15, 0.2) is 11.6 Å². The van der Waals surface area contributed by atoms with E-state index in [0.29, 0.717) is 6.54 Å². The molecule has 0 radical (unpaired) electrons. The number of likely N-dealkylation sites (N-methyl/N-ethyl adjacent to an activating group) is 1. The van der Waals surface area contributed by atoms with Gasteiger partial charge in [0.2, 0.25) is 5.91 Å². The second-order valence-electron chi connectivity index (χ2n) is 4.81. The number of nitrogens with two attached hydrogens (primary N) is 1. The van der Waals surface area contributed by atoms with Crippen molar-refractivity contribution in [1.29, 1.82) is 0 Å². The summed E-state index contributed by atoms with van der Waals surface area (Å²) in [6.45, 7) is 4.39. The average molecular weight is 268 g/mol. The van der Waals surface area contributed by atoms with Crippen molar-refractivity contribution in [3.05, 3.63) is 30.1 Å². The third-order valence-electron chi connectivity index (χ3n) is 2.90. The van der Waals surface area contributed by atoms with Gasteiger partial charge in [-0.15, -0.1) is 0 Å². The van der Waals surface area contributed by atoms with E-state index in [0.717, 1.165) is 0 Å². The van der Waals surface area contributed by atoms with Gasteiger partial charge >= 0.3 is 0 Å². The minimum Gasteiger partial charge on any atom is -0.489 e. The summed E-state index contributed by atoms with van der Waals surface area (Å²) >= 11 is 0. The quantitative estimate of drug-likeness (QED) is 0.853. The van der Waals surface area contributed by atoms with Gasteiger partial charge in [-0.1, -0.05) is 26.0 Å². The first-order valence-electron chi connectivity index (χ1n) is 6.31. The summed E-state index contributed by atoms with van der Waals surface area (Å²) in [5.74, 6) is -0.263. The molecule has 1 aromatic carbocycles. The SMILES string of the molecule is CC(C)C(N)C(=O)N(C)CCOc1ccccc1F. The van der Waals surface area contributed by atoms with E-state index in [-0.39, 0.29) is 24.2 Å². The van der Waals surface area contributed by atoms with Crippen molar-refractivity contribution in [1.82, 2.24) is 4.90 Å². The Labute approximate surface area is 113 Å². The van der Waals surface area contributed by atoms with Crippen LogP contribution in [0.15, 0.2) is 24.3 Å². The first kappa shape index (κ1) is 15.4. The molecule has 1 amide bonds. The van der Waals surface area contributed by atoms with Gasteiger partial charge < -0.3 is 15.4 Å². The van der Waals surface area contributed by atoms with Crippen molar-refractivity contribution in [3.63, 3.8) is 0 Å². The summed E-state index contributed by atoms with van der Waals surface area (Å²) in [6.07, 6.45) is 0. The number of carbonyl (C=O) groups excluding carboxylic acids is 1. The number of rotatable bonds is 6. The highest BCUT2D eigenvalue weighted by Gasteiger charge is 2.20. The highest BCUT2D eigenvalue weighted by Crippen LogP contribution is 2.15. The third kappa shape index (κ3) is 4.52. The number of carbonyl (C=O) groups is 1. The molecule has 0 saturated carbocycles. The zero-order valence-corrected chi connectivity index (χ0v) is 11.6. The Hall–Kier alpha value is -1.62. The van der Waals surface area contributed by atoms with Crippen LogP contribution in [0.4, 0.5) is 4.39 Å². The molecule has 0 aliphatic carbocycles. The van der Waals surface area contributed by atoms with Crippen LogP contribution in [0.1, 0.15) is 13.8 Å². The second kappa shape index (κ2) is 7.09. The molecule has 0 saturated heterocycles. The molecule has 0 bridgehead atoms. The van der Waals surface area contributed by atoms with Crippen LogP contribution >= 0.6 is 0 Å². The lowest BCUT2D eigenvalue weighted by molar-refractivity contribution is -0.132. The smallest absolute Gasteiger partial charge is 0.239 e. The van der Waals surface area contributed by atoms with E-state index < -0.39 is 11.9 Å². The van der Waals surface area contributed by atoms with Crippen LogP contribution < -0.4 is 10.5 Å². The molecule has 5 heteroatoms. The van der Waals surface area contributed by atoms with Crippen molar-refractivity contribution < 1.29 is 13.9 Å². The maximum Gasteiger partial charge on any atom is 0.239 e. The van der Waals surface area contributed by atoms with Crippen molar-refractivity contribution >= 4 is 5.91 Å². The number of hydrogen-bond donors (Lipinski definition) is 1. The van der Waals surface area contributed by atoms with Crippen LogP contribution in [0, 0.1) is 11.7 Å². The van der Waals surface area contributed by atoms with E-state index >= 15 is 0 Å². The molecule has 0 aliphatic rings. The number of amides is 1. The minimum atomic E-state index is -0.515. The molecular formula is C14H21FN2O2. The highest BCUT2D eigenvalue weighted by molar-refractivity contribution is 5.81. The largest absolute Gasteiger partial charge is 0.489 e. The lowest BCUT2D eigenvalue weighted by Gasteiger charge is -2.23. The lowest BCUT2D eigenvalue weighted by atomic mass is 10.0. The zero-order valence-electron chi connectivity index (χ0n) is 11.6. The molecule has 0 aromatic heterocycles. The van der Waals surface area contributed by atoms with Gasteiger partial charge in [0, 0.05) is 7.05 Å². The summed E-state index contributed by atoms with van der Waals surface area (Å²) in [5.41, 5.74) is 5.78. The Morgan fingerprint density at radius 3 is 2.63 bits per heavy atom. The molecule has 1 unspecified atom stereocenters. The van der Waals surface area contributed by atoms with Crippen molar-refractivity contribution in [3.8, 4) is 5.75 Å². The third-order valence-corrected chi connectivity index (χ3v) is 2.90.